The fraction of sp³-hybridized carbons (Fsp3) is 1.00. The molecule has 0 aromatic rings. The third kappa shape index (κ3) is 5.79. The van der Waals surface area contributed by atoms with Gasteiger partial charge in [-0.15, -0.1) is 0 Å². The molecule has 0 radical (unpaired) electrons. The van der Waals surface area contributed by atoms with Gasteiger partial charge >= 0.3 is 0 Å². The Balaban J connectivity index is 5.79. The SMILES string of the molecule is CNS(=O)(CS(=O)(=NS(=O)O)N(C)C)=NS(=O)O. The Labute approximate surface area is 111 Å². The molecular weight excluding hydrogens is 328 g/mol. The van der Waals surface area contributed by atoms with Gasteiger partial charge in [0.2, 0.25) is 0 Å². The highest BCUT2D eigenvalue weighted by Gasteiger charge is 2.22. The van der Waals surface area contributed by atoms with Crippen LogP contribution in [0.25, 0.3) is 0 Å². The highest BCUT2D eigenvalue weighted by Crippen LogP contribution is 2.08. The smallest absolute Gasteiger partial charge is 0.287 e. The largest absolute Gasteiger partial charge is 0.291 e. The minimum Gasteiger partial charge on any atom is -0.287 e. The van der Waals surface area contributed by atoms with Crippen molar-refractivity contribution >= 4 is 42.4 Å². The zero-order chi connectivity index (χ0) is 14.6. The van der Waals surface area contributed by atoms with E-state index in [0.717, 1.165) is 4.31 Å². The molecule has 0 spiro atoms. The molecule has 14 heteroatoms. The van der Waals surface area contributed by atoms with E-state index in [0.29, 0.717) is 0 Å². The number of nitrogens with one attached hydrogen (secondary N) is 1. The molecule has 3 N–H and O–H groups in total. The summed E-state index contributed by atoms with van der Waals surface area (Å²) >= 11 is -5.46. The first-order chi connectivity index (χ1) is 8.04. The van der Waals surface area contributed by atoms with Gasteiger partial charge in [-0.2, -0.15) is 0 Å². The van der Waals surface area contributed by atoms with Crippen LogP contribution in [-0.2, 0) is 42.4 Å². The molecule has 0 aromatic heterocycles. The summed E-state index contributed by atoms with van der Waals surface area (Å²) in [5.74, 6) is 0. The van der Waals surface area contributed by atoms with E-state index in [4.69, 9.17) is 9.11 Å². The molecule has 0 bridgehead atoms. The summed E-state index contributed by atoms with van der Waals surface area (Å²) in [5, 5.41) is -0.790. The van der Waals surface area contributed by atoms with Crippen LogP contribution >= 0.6 is 0 Å². The number of hydrogen-bond donors (Lipinski definition) is 3. The van der Waals surface area contributed by atoms with Crippen molar-refractivity contribution < 1.29 is 25.9 Å². The van der Waals surface area contributed by atoms with E-state index in [2.05, 4.69) is 12.3 Å². The summed E-state index contributed by atoms with van der Waals surface area (Å²) in [6, 6.07) is 0. The van der Waals surface area contributed by atoms with E-state index in [1.165, 1.54) is 21.1 Å². The van der Waals surface area contributed by atoms with Gasteiger partial charge in [0.25, 0.3) is 22.5 Å². The Bertz CT molecular complexity index is 568. The van der Waals surface area contributed by atoms with Crippen molar-refractivity contribution in [2.45, 2.75) is 0 Å². The molecular formula is C4H14N4O6S4. The maximum atomic E-state index is 12.2. The van der Waals surface area contributed by atoms with Gasteiger partial charge in [-0.3, -0.25) is 9.11 Å². The summed E-state index contributed by atoms with van der Waals surface area (Å²) in [6.07, 6.45) is 0. The predicted molar refractivity (Wildman–Crippen MR) is 70.3 cm³/mol. The molecule has 0 heterocycles. The average molecular weight is 342 g/mol. The zero-order valence-electron chi connectivity index (χ0n) is 9.71. The van der Waals surface area contributed by atoms with Gasteiger partial charge in [-0.05, 0) is 7.05 Å². The molecule has 0 aromatic carbocycles. The lowest BCUT2D eigenvalue weighted by Crippen LogP contribution is -2.34. The van der Waals surface area contributed by atoms with Crippen molar-refractivity contribution in [2.75, 3.05) is 26.2 Å². The molecule has 0 saturated carbocycles. The van der Waals surface area contributed by atoms with E-state index >= 15 is 0 Å². The third-order valence-corrected chi connectivity index (χ3v) is 8.77. The van der Waals surface area contributed by atoms with Crippen molar-refractivity contribution in [2.24, 2.45) is 7.54 Å². The van der Waals surface area contributed by atoms with Gasteiger partial charge in [0.15, 0.2) is 0 Å². The van der Waals surface area contributed by atoms with Crippen LogP contribution < -0.4 is 4.72 Å². The van der Waals surface area contributed by atoms with Crippen LogP contribution in [0.5, 0.6) is 0 Å². The van der Waals surface area contributed by atoms with Crippen LogP contribution in [0.15, 0.2) is 7.54 Å². The Morgan fingerprint density at radius 1 is 1.17 bits per heavy atom. The van der Waals surface area contributed by atoms with Gasteiger partial charge in [0, 0.05) is 14.1 Å². The van der Waals surface area contributed by atoms with E-state index < -0.39 is 47.4 Å². The van der Waals surface area contributed by atoms with Crippen molar-refractivity contribution in [3.8, 4) is 0 Å². The fourth-order valence-electron chi connectivity index (χ4n) is 0.722. The van der Waals surface area contributed by atoms with E-state index in [9.17, 15) is 16.8 Å². The molecule has 0 aliphatic carbocycles. The second-order valence-electron chi connectivity index (χ2n) is 2.99. The van der Waals surface area contributed by atoms with E-state index in [-0.39, 0.29) is 0 Å². The fourth-order valence-corrected chi connectivity index (χ4v) is 7.27. The first kappa shape index (κ1) is 18.0. The molecule has 10 nitrogen and oxygen atoms in total. The minimum absolute atomic E-state index is 0.790. The van der Waals surface area contributed by atoms with Crippen molar-refractivity contribution in [1.82, 2.24) is 9.03 Å². The summed E-state index contributed by atoms with van der Waals surface area (Å²) in [7, 11) is -3.22. The van der Waals surface area contributed by atoms with E-state index in [1.807, 2.05) is 0 Å². The summed E-state index contributed by atoms with van der Waals surface area (Å²) in [4.78, 5) is 0. The number of rotatable bonds is 6. The Hall–Kier alpha value is 0.0400. The Kier molecular flexibility index (Phi) is 7.01. The van der Waals surface area contributed by atoms with Gasteiger partial charge in [0.05, 0.1) is 0 Å². The van der Waals surface area contributed by atoms with Crippen LogP contribution in [-0.4, -0.2) is 56.5 Å². The monoisotopic (exact) mass is 342 g/mol. The van der Waals surface area contributed by atoms with Crippen molar-refractivity contribution in [3.05, 3.63) is 0 Å². The topological polar surface area (TPSA) is 149 Å². The van der Waals surface area contributed by atoms with Crippen LogP contribution in [0, 0.1) is 0 Å². The minimum atomic E-state index is -3.51. The maximum absolute atomic E-state index is 12.2. The van der Waals surface area contributed by atoms with Gasteiger partial charge in [-0.25, -0.2) is 25.9 Å². The second-order valence-corrected chi connectivity index (χ2v) is 9.68. The standard InChI is InChI=1S/C4H14N4O6S4/c1-5-17(13,6-15(9)10)4-18(14,8(2)3)7-16(11)12/h4H2,1-3H3,(H,9,10)(H,11,12)(H,5,6,13). The normalized spacial score (nSPS) is 21.7. The van der Waals surface area contributed by atoms with Gasteiger partial charge in [-0.1, -0.05) is 7.54 Å². The lowest BCUT2D eigenvalue weighted by atomic mass is 11.3. The first-order valence-corrected chi connectivity index (χ1v) is 9.57. The van der Waals surface area contributed by atoms with Gasteiger partial charge in [0.1, 0.15) is 24.9 Å². The Morgan fingerprint density at radius 3 is 1.89 bits per heavy atom. The molecule has 0 saturated heterocycles. The first-order valence-electron chi connectivity index (χ1n) is 4.12. The summed E-state index contributed by atoms with van der Waals surface area (Å²) in [5.41, 5.74) is 0. The highest BCUT2D eigenvalue weighted by atomic mass is 32.3. The lowest BCUT2D eigenvalue weighted by molar-refractivity contribution is 0.563. The number of nitrogens with zero attached hydrogens (tertiary/aromatic N) is 3. The molecule has 0 rings (SSSR count). The molecule has 4 atom stereocenters. The third-order valence-electron chi connectivity index (χ3n) is 1.57. The van der Waals surface area contributed by atoms with Crippen molar-refractivity contribution in [1.29, 1.82) is 0 Å². The molecule has 4 unspecified atom stereocenters. The van der Waals surface area contributed by atoms with E-state index in [1.54, 1.807) is 0 Å². The zero-order valence-corrected chi connectivity index (χ0v) is 13.0. The Morgan fingerprint density at radius 2 is 1.61 bits per heavy atom. The number of hydrogen-bond acceptors (Lipinski definition) is 4. The van der Waals surface area contributed by atoms with Crippen molar-refractivity contribution in [3.63, 3.8) is 0 Å². The molecule has 0 aliphatic rings. The highest BCUT2D eigenvalue weighted by molar-refractivity contribution is 8.11. The van der Waals surface area contributed by atoms with Crippen LogP contribution in [0.1, 0.15) is 0 Å². The average Bonchev–Trinajstić information content (AvgIpc) is 2.14. The van der Waals surface area contributed by atoms with Crippen LogP contribution in [0.4, 0.5) is 0 Å². The van der Waals surface area contributed by atoms with Crippen LogP contribution in [0.2, 0.25) is 0 Å². The molecule has 0 fully saturated rings. The molecule has 110 valence electrons. The van der Waals surface area contributed by atoms with Crippen LogP contribution in [0.3, 0.4) is 0 Å². The second kappa shape index (κ2) is 6.99. The summed E-state index contributed by atoms with van der Waals surface area (Å²) < 4.78 is 71.7. The molecule has 0 aliphatic heterocycles. The quantitative estimate of drug-likeness (QED) is 0.514. The summed E-state index contributed by atoms with van der Waals surface area (Å²) in [6.45, 7) is 0. The van der Waals surface area contributed by atoms with Gasteiger partial charge < -0.3 is 0 Å². The lowest BCUT2D eigenvalue weighted by Gasteiger charge is -2.17. The predicted octanol–water partition coefficient (Wildman–Crippen LogP) is -1.24. The molecule has 18 heavy (non-hydrogen) atoms. The maximum Gasteiger partial charge on any atom is 0.291 e. The molecule has 0 amide bonds.